The molecule has 3 rings (SSSR count). The molecule has 0 unspecified atom stereocenters. The van der Waals surface area contributed by atoms with E-state index >= 15 is 0 Å². The van der Waals surface area contributed by atoms with E-state index in [1.807, 2.05) is 6.07 Å². The summed E-state index contributed by atoms with van der Waals surface area (Å²) >= 11 is 0. The summed E-state index contributed by atoms with van der Waals surface area (Å²) in [6, 6.07) is 19.1. The molecule has 3 N–H and O–H groups in total. The van der Waals surface area contributed by atoms with Crippen LogP contribution in [0.25, 0.3) is 0 Å². The summed E-state index contributed by atoms with van der Waals surface area (Å²) < 4.78 is 42.2. The van der Waals surface area contributed by atoms with Crippen molar-refractivity contribution in [2.45, 2.75) is 38.1 Å². The van der Waals surface area contributed by atoms with Gasteiger partial charge in [-0.3, -0.25) is 9.59 Å². The van der Waals surface area contributed by atoms with Gasteiger partial charge < -0.3 is 10.6 Å². The van der Waals surface area contributed by atoms with Crippen LogP contribution >= 0.6 is 0 Å². The Morgan fingerprint density at radius 1 is 0.829 bits per heavy atom. The third-order valence-corrected chi connectivity index (χ3v) is 6.62. The maximum atomic E-state index is 14.2. The molecule has 0 saturated heterocycles. The molecule has 0 saturated carbocycles. The monoisotopic (exact) mass is 497 g/mol. The molecule has 0 aliphatic rings. The first-order valence-corrected chi connectivity index (χ1v) is 12.5. The highest BCUT2D eigenvalue weighted by Crippen LogP contribution is 2.20. The standard InChI is InChI=1S/C26H28FN3O4S/c1-26(2,3)25(32)29-20-15-13-19(14-16-20)28-24(31)22(17-18-9-5-4-6-10-18)30-35(33,34)23-12-8-7-11-21(23)27/h4-16,22,30H,17H2,1-3H3,(H,28,31)(H,29,32)/t22-/m0/s1. The van der Waals surface area contributed by atoms with E-state index in [9.17, 15) is 22.4 Å². The van der Waals surface area contributed by atoms with Crippen molar-refractivity contribution in [1.82, 2.24) is 4.72 Å². The Morgan fingerprint density at radius 2 is 1.37 bits per heavy atom. The van der Waals surface area contributed by atoms with Crippen molar-refractivity contribution in [1.29, 1.82) is 0 Å². The average molecular weight is 498 g/mol. The van der Waals surface area contributed by atoms with E-state index in [-0.39, 0.29) is 12.3 Å². The number of anilines is 2. The van der Waals surface area contributed by atoms with Gasteiger partial charge in [-0.05, 0) is 48.4 Å². The van der Waals surface area contributed by atoms with Crippen molar-refractivity contribution in [2.24, 2.45) is 5.41 Å². The van der Waals surface area contributed by atoms with Crippen LogP contribution in [0.2, 0.25) is 0 Å². The van der Waals surface area contributed by atoms with Crippen LogP contribution in [0, 0.1) is 11.2 Å². The number of rotatable bonds is 8. The molecular formula is C26H28FN3O4S. The van der Waals surface area contributed by atoms with Gasteiger partial charge in [0, 0.05) is 16.8 Å². The van der Waals surface area contributed by atoms with Crippen molar-refractivity contribution in [3.05, 3.63) is 90.2 Å². The zero-order valence-electron chi connectivity index (χ0n) is 19.7. The highest BCUT2D eigenvalue weighted by atomic mass is 32.2. The van der Waals surface area contributed by atoms with E-state index in [2.05, 4.69) is 15.4 Å². The Labute approximate surface area is 204 Å². The zero-order valence-corrected chi connectivity index (χ0v) is 20.5. The lowest BCUT2D eigenvalue weighted by molar-refractivity contribution is -0.123. The summed E-state index contributed by atoms with van der Waals surface area (Å²) in [5, 5.41) is 5.48. The van der Waals surface area contributed by atoms with Crippen LogP contribution in [-0.4, -0.2) is 26.3 Å². The van der Waals surface area contributed by atoms with Gasteiger partial charge in [0.2, 0.25) is 21.8 Å². The summed E-state index contributed by atoms with van der Waals surface area (Å²) in [5.41, 5.74) is 1.13. The molecule has 184 valence electrons. The molecule has 9 heteroatoms. The Morgan fingerprint density at radius 3 is 1.94 bits per heavy atom. The van der Waals surface area contributed by atoms with Gasteiger partial charge in [-0.25, -0.2) is 12.8 Å². The Balaban J connectivity index is 1.79. The van der Waals surface area contributed by atoms with E-state index in [0.717, 1.165) is 17.7 Å². The fraction of sp³-hybridized carbons (Fsp3) is 0.231. The van der Waals surface area contributed by atoms with Crippen LogP contribution in [0.5, 0.6) is 0 Å². The van der Waals surface area contributed by atoms with Crippen LogP contribution < -0.4 is 15.4 Å². The van der Waals surface area contributed by atoms with E-state index in [0.29, 0.717) is 11.4 Å². The lowest BCUT2D eigenvalue weighted by Crippen LogP contribution is -2.45. The number of halogens is 1. The predicted octanol–water partition coefficient (Wildman–Crippen LogP) is 4.34. The number of hydrogen-bond donors (Lipinski definition) is 3. The first kappa shape index (κ1) is 26.1. The van der Waals surface area contributed by atoms with E-state index in [4.69, 9.17) is 0 Å². The SMILES string of the molecule is CC(C)(C)C(=O)Nc1ccc(NC(=O)[C@H](Cc2ccccc2)NS(=O)(=O)c2ccccc2F)cc1. The van der Waals surface area contributed by atoms with Crippen molar-refractivity contribution in [2.75, 3.05) is 10.6 Å². The summed E-state index contributed by atoms with van der Waals surface area (Å²) in [4.78, 5) is 24.7. The van der Waals surface area contributed by atoms with Gasteiger partial charge in [0.05, 0.1) is 0 Å². The number of benzene rings is 3. The van der Waals surface area contributed by atoms with Gasteiger partial charge in [-0.1, -0.05) is 63.2 Å². The Bertz CT molecular complexity index is 1290. The number of sulfonamides is 1. The van der Waals surface area contributed by atoms with Gasteiger partial charge in [-0.15, -0.1) is 0 Å². The highest BCUT2D eigenvalue weighted by molar-refractivity contribution is 7.89. The molecule has 0 aliphatic carbocycles. The van der Waals surface area contributed by atoms with Crippen molar-refractivity contribution >= 4 is 33.2 Å². The number of hydrogen-bond acceptors (Lipinski definition) is 4. The fourth-order valence-corrected chi connectivity index (χ4v) is 4.41. The smallest absolute Gasteiger partial charge is 0.244 e. The second-order valence-electron chi connectivity index (χ2n) is 9.06. The van der Waals surface area contributed by atoms with Gasteiger partial charge in [-0.2, -0.15) is 4.72 Å². The second-order valence-corrected chi connectivity index (χ2v) is 10.7. The molecule has 2 amide bonds. The molecule has 0 heterocycles. The molecule has 7 nitrogen and oxygen atoms in total. The van der Waals surface area contributed by atoms with Crippen LogP contribution in [0.15, 0.2) is 83.8 Å². The minimum atomic E-state index is -4.32. The van der Waals surface area contributed by atoms with Crippen LogP contribution in [0.3, 0.4) is 0 Å². The zero-order chi connectivity index (χ0) is 25.6. The van der Waals surface area contributed by atoms with E-state index < -0.39 is 38.1 Å². The third-order valence-electron chi connectivity index (χ3n) is 5.11. The maximum Gasteiger partial charge on any atom is 0.244 e. The fourth-order valence-electron chi connectivity index (χ4n) is 3.14. The number of carbonyl (C=O) groups excluding carboxylic acids is 2. The van der Waals surface area contributed by atoms with Crippen LogP contribution in [-0.2, 0) is 26.0 Å². The second kappa shape index (κ2) is 10.8. The lowest BCUT2D eigenvalue weighted by Gasteiger charge is -2.20. The molecule has 0 aromatic heterocycles. The quantitative estimate of drug-likeness (QED) is 0.431. The van der Waals surface area contributed by atoms with Crippen molar-refractivity contribution in [3.63, 3.8) is 0 Å². The van der Waals surface area contributed by atoms with Crippen molar-refractivity contribution < 1.29 is 22.4 Å². The minimum absolute atomic E-state index is 0.0556. The molecule has 0 radical (unpaired) electrons. The molecule has 0 spiro atoms. The normalized spacial score (nSPS) is 12.6. The molecule has 3 aromatic carbocycles. The Kier molecular flexibility index (Phi) is 8.03. The molecule has 0 aliphatic heterocycles. The first-order chi connectivity index (χ1) is 16.5. The molecular weight excluding hydrogens is 469 g/mol. The Hall–Kier alpha value is -3.56. The van der Waals surface area contributed by atoms with Crippen LogP contribution in [0.4, 0.5) is 15.8 Å². The molecule has 35 heavy (non-hydrogen) atoms. The lowest BCUT2D eigenvalue weighted by atomic mass is 9.95. The number of carbonyl (C=O) groups is 2. The molecule has 1 atom stereocenters. The van der Waals surface area contributed by atoms with Crippen LogP contribution in [0.1, 0.15) is 26.3 Å². The topological polar surface area (TPSA) is 104 Å². The molecule has 0 bridgehead atoms. The van der Waals surface area contributed by atoms with E-state index in [1.54, 1.807) is 69.3 Å². The first-order valence-electron chi connectivity index (χ1n) is 11.0. The maximum absolute atomic E-state index is 14.2. The largest absolute Gasteiger partial charge is 0.326 e. The third kappa shape index (κ3) is 7.21. The predicted molar refractivity (Wildman–Crippen MR) is 134 cm³/mol. The van der Waals surface area contributed by atoms with Gasteiger partial charge in [0.15, 0.2) is 0 Å². The van der Waals surface area contributed by atoms with E-state index in [1.165, 1.54) is 12.1 Å². The summed E-state index contributed by atoms with van der Waals surface area (Å²) in [6.07, 6.45) is 0.0556. The summed E-state index contributed by atoms with van der Waals surface area (Å²) in [5.74, 6) is -1.67. The van der Waals surface area contributed by atoms with Gasteiger partial charge in [0.1, 0.15) is 16.8 Å². The molecule has 0 fully saturated rings. The minimum Gasteiger partial charge on any atom is -0.326 e. The van der Waals surface area contributed by atoms with Gasteiger partial charge >= 0.3 is 0 Å². The average Bonchev–Trinajstić information content (AvgIpc) is 2.80. The van der Waals surface area contributed by atoms with Crippen molar-refractivity contribution in [3.8, 4) is 0 Å². The highest BCUT2D eigenvalue weighted by Gasteiger charge is 2.28. The number of amides is 2. The summed E-state index contributed by atoms with van der Waals surface area (Å²) in [6.45, 7) is 5.39. The van der Waals surface area contributed by atoms with Gasteiger partial charge in [0.25, 0.3) is 0 Å². The molecule has 3 aromatic rings. The summed E-state index contributed by atoms with van der Waals surface area (Å²) in [7, 11) is -4.32. The number of nitrogens with one attached hydrogen (secondary N) is 3.